The zero-order chi connectivity index (χ0) is 23.8. The first-order valence-corrected chi connectivity index (χ1v) is 12.3. The zero-order valence-electron chi connectivity index (χ0n) is 18.6. The van der Waals surface area contributed by atoms with Crippen LogP contribution in [0.1, 0.15) is 36.1 Å². The fourth-order valence-electron chi connectivity index (χ4n) is 3.20. The maximum Gasteiger partial charge on any atom is 0.232 e. The van der Waals surface area contributed by atoms with E-state index in [0.717, 1.165) is 22.4 Å². The van der Waals surface area contributed by atoms with Crippen LogP contribution in [0.15, 0.2) is 48.8 Å². The third-order valence-electron chi connectivity index (χ3n) is 5.09. The molecule has 33 heavy (non-hydrogen) atoms. The molecule has 0 aliphatic heterocycles. The van der Waals surface area contributed by atoms with Crippen molar-refractivity contribution < 1.29 is 9.47 Å². The van der Waals surface area contributed by atoms with Crippen LogP contribution in [0.25, 0.3) is 0 Å². The minimum Gasteiger partial charge on any atom is -0.489 e. The summed E-state index contributed by atoms with van der Waals surface area (Å²) in [5.41, 5.74) is 2.83. The van der Waals surface area contributed by atoms with Gasteiger partial charge in [-0.1, -0.05) is 49.5 Å². The number of alkyl halides is 1. The average molecular weight is 503 g/mol. The maximum absolute atomic E-state index is 9.58. The summed E-state index contributed by atoms with van der Waals surface area (Å²) >= 11 is 13.6. The van der Waals surface area contributed by atoms with Crippen LogP contribution in [-0.4, -0.2) is 28.7 Å². The van der Waals surface area contributed by atoms with Gasteiger partial charge in [0.1, 0.15) is 25.0 Å². The summed E-state index contributed by atoms with van der Waals surface area (Å²) in [6, 6.07) is 13.7. The summed E-state index contributed by atoms with van der Waals surface area (Å²) in [5.74, 6) is 1.98. The molecule has 0 aliphatic carbocycles. The number of benzene rings is 2. The molecule has 6 nitrogen and oxygen atoms in total. The van der Waals surface area contributed by atoms with Crippen LogP contribution < -0.4 is 14.2 Å². The number of nitrogens with one attached hydrogen (secondary N) is 1. The van der Waals surface area contributed by atoms with Crippen LogP contribution in [-0.2, 0) is 12.0 Å². The molecule has 9 heteroatoms. The molecular formula is C24H24Cl2N4O2S. The van der Waals surface area contributed by atoms with Crippen LogP contribution >= 0.6 is 35.1 Å². The minimum absolute atomic E-state index is 0.283. The van der Waals surface area contributed by atoms with Crippen LogP contribution in [0.2, 0.25) is 5.02 Å². The van der Waals surface area contributed by atoms with Crippen molar-refractivity contribution in [2.45, 2.75) is 25.9 Å². The molecule has 0 saturated carbocycles. The summed E-state index contributed by atoms with van der Waals surface area (Å²) in [7, 11) is 0. The molecule has 172 valence electrons. The van der Waals surface area contributed by atoms with Crippen LogP contribution in [0.4, 0.5) is 5.95 Å². The molecule has 3 aromatic rings. The van der Waals surface area contributed by atoms with Crippen LogP contribution in [0.5, 0.6) is 11.5 Å². The Bertz CT molecular complexity index is 1120. The highest BCUT2D eigenvalue weighted by Gasteiger charge is 2.26. The van der Waals surface area contributed by atoms with Gasteiger partial charge in [0.2, 0.25) is 5.95 Å². The Labute approximate surface area is 208 Å². The number of halogens is 2. The van der Waals surface area contributed by atoms with Crippen molar-refractivity contribution in [3.63, 3.8) is 0 Å². The monoisotopic (exact) mass is 502 g/mol. The highest BCUT2D eigenvalue weighted by atomic mass is 35.5. The highest BCUT2D eigenvalue weighted by Crippen LogP contribution is 2.38. The van der Waals surface area contributed by atoms with Crippen molar-refractivity contribution in [1.29, 1.82) is 5.26 Å². The minimum atomic E-state index is -0.396. The predicted octanol–water partition coefficient (Wildman–Crippen LogP) is 6.21. The van der Waals surface area contributed by atoms with Crippen molar-refractivity contribution in [2.24, 2.45) is 0 Å². The van der Waals surface area contributed by atoms with E-state index >= 15 is 0 Å². The second-order valence-electron chi connectivity index (χ2n) is 7.64. The van der Waals surface area contributed by atoms with E-state index < -0.39 is 5.41 Å². The van der Waals surface area contributed by atoms with Crippen molar-refractivity contribution in [2.75, 3.05) is 23.5 Å². The molecule has 0 amide bonds. The number of anilines is 1. The van der Waals surface area contributed by atoms with Crippen molar-refractivity contribution in [3.05, 3.63) is 76.1 Å². The van der Waals surface area contributed by atoms with Gasteiger partial charge in [-0.15, -0.1) is 11.6 Å². The first-order valence-electron chi connectivity index (χ1n) is 10.1. The van der Waals surface area contributed by atoms with Crippen molar-refractivity contribution in [1.82, 2.24) is 9.97 Å². The Kier molecular flexibility index (Phi) is 8.67. The second-order valence-corrected chi connectivity index (χ2v) is 9.04. The molecule has 0 aliphatic rings. The van der Waals surface area contributed by atoms with Gasteiger partial charge in [-0.3, -0.25) is 4.72 Å². The molecule has 0 spiro atoms. The summed E-state index contributed by atoms with van der Waals surface area (Å²) in [6.07, 6.45) is 5.38. The maximum atomic E-state index is 9.58. The number of aromatic nitrogens is 2. The molecule has 0 fully saturated rings. The molecule has 1 N–H and O–H groups in total. The van der Waals surface area contributed by atoms with Gasteiger partial charge in [0.25, 0.3) is 0 Å². The normalized spacial score (nSPS) is 11.0. The number of rotatable bonds is 10. The number of ether oxygens (including phenoxy) is 2. The van der Waals surface area contributed by atoms with Crippen LogP contribution in [0.3, 0.4) is 0 Å². The Morgan fingerprint density at radius 1 is 1.09 bits per heavy atom. The molecule has 2 aromatic carbocycles. The molecule has 1 heterocycles. The number of hydrogen-bond acceptors (Lipinski definition) is 7. The SMILES string of the molecule is CSNc1ncc(COc2ccc(C(C)(C)c3cc(Cl)c(OCCCl)c(C#N)c3)cc2)cn1. The molecule has 0 radical (unpaired) electrons. The lowest BCUT2D eigenvalue weighted by molar-refractivity contribution is 0.305. The molecule has 1 aromatic heterocycles. The molecule has 0 unspecified atom stereocenters. The van der Waals surface area contributed by atoms with E-state index in [-0.39, 0.29) is 6.61 Å². The van der Waals surface area contributed by atoms with Gasteiger partial charge in [0, 0.05) is 29.6 Å². The average Bonchev–Trinajstić information content (AvgIpc) is 2.83. The van der Waals surface area contributed by atoms with E-state index in [4.69, 9.17) is 32.7 Å². The van der Waals surface area contributed by atoms with E-state index in [9.17, 15) is 5.26 Å². The Morgan fingerprint density at radius 3 is 2.39 bits per heavy atom. The zero-order valence-corrected chi connectivity index (χ0v) is 20.9. The van der Waals surface area contributed by atoms with Gasteiger partial charge in [-0.2, -0.15) is 5.26 Å². The number of nitrogens with zero attached hydrogens (tertiary/aromatic N) is 3. The van der Waals surface area contributed by atoms with Gasteiger partial charge in [0.05, 0.1) is 16.5 Å². The van der Waals surface area contributed by atoms with Gasteiger partial charge < -0.3 is 9.47 Å². The third kappa shape index (κ3) is 6.23. The number of nitriles is 1. The Hall–Kier alpha value is -2.66. The summed E-state index contributed by atoms with van der Waals surface area (Å²) in [5, 5.41) is 9.97. The number of hydrogen-bond donors (Lipinski definition) is 1. The first-order chi connectivity index (χ1) is 15.9. The molecular weight excluding hydrogens is 479 g/mol. The summed E-state index contributed by atoms with van der Waals surface area (Å²) in [4.78, 5) is 8.46. The van der Waals surface area contributed by atoms with E-state index in [1.165, 1.54) is 11.9 Å². The van der Waals surface area contributed by atoms with Crippen molar-refractivity contribution in [3.8, 4) is 17.6 Å². The molecule has 0 atom stereocenters. The lowest BCUT2D eigenvalue weighted by atomic mass is 9.77. The topological polar surface area (TPSA) is 80.1 Å². The van der Waals surface area contributed by atoms with E-state index in [1.807, 2.05) is 42.7 Å². The third-order valence-corrected chi connectivity index (χ3v) is 5.91. The standard InChI is InChI=1S/C24H24Cl2N4O2S/c1-24(2,19-10-17(12-27)22(21(26)11-19)31-9-8-25)18-4-6-20(7-5-18)32-15-16-13-28-23(29-14-16)30-33-3/h4-7,10-11,13-14H,8-9,15H2,1-3H3,(H,28,29,30). The van der Waals surface area contributed by atoms with Gasteiger partial charge in [-0.25, -0.2) is 9.97 Å². The van der Waals surface area contributed by atoms with E-state index in [2.05, 4.69) is 34.6 Å². The fraction of sp³-hybridized carbons (Fsp3) is 0.292. The fourth-order valence-corrected chi connectivity index (χ4v) is 3.84. The van der Waals surface area contributed by atoms with E-state index in [0.29, 0.717) is 34.8 Å². The van der Waals surface area contributed by atoms with Gasteiger partial charge >= 0.3 is 0 Å². The van der Waals surface area contributed by atoms with Gasteiger partial charge in [0.15, 0.2) is 5.75 Å². The molecule has 0 bridgehead atoms. The van der Waals surface area contributed by atoms with Crippen molar-refractivity contribution >= 4 is 41.1 Å². The van der Waals surface area contributed by atoms with E-state index in [1.54, 1.807) is 12.4 Å². The summed E-state index contributed by atoms with van der Waals surface area (Å²) < 4.78 is 14.4. The molecule has 3 rings (SSSR count). The Morgan fingerprint density at radius 2 is 1.79 bits per heavy atom. The summed E-state index contributed by atoms with van der Waals surface area (Å²) in [6.45, 7) is 4.81. The highest BCUT2D eigenvalue weighted by molar-refractivity contribution is 7.99. The molecule has 0 saturated heterocycles. The Balaban J connectivity index is 1.74. The lowest BCUT2D eigenvalue weighted by Gasteiger charge is -2.27. The smallest absolute Gasteiger partial charge is 0.232 e. The first kappa shape index (κ1) is 25.0. The lowest BCUT2D eigenvalue weighted by Crippen LogP contribution is -2.19. The van der Waals surface area contributed by atoms with Crippen LogP contribution in [0, 0.1) is 11.3 Å². The predicted molar refractivity (Wildman–Crippen MR) is 134 cm³/mol. The quantitative estimate of drug-likeness (QED) is 0.260. The second kappa shape index (κ2) is 11.5. The van der Waals surface area contributed by atoms with Gasteiger partial charge in [-0.05, 0) is 35.4 Å². The largest absolute Gasteiger partial charge is 0.489 e.